The normalized spacial score (nSPS) is 22.1. The molecule has 21 heavy (non-hydrogen) atoms. The van der Waals surface area contributed by atoms with Crippen LogP contribution in [0.2, 0.25) is 0 Å². The number of carbonyl (C=O) groups excluding carboxylic acids is 2. The maximum Gasteiger partial charge on any atom is 0.322 e. The molecule has 0 aliphatic carbocycles. The molecule has 1 aliphatic heterocycles. The van der Waals surface area contributed by atoms with E-state index < -0.39 is 17.2 Å². The van der Waals surface area contributed by atoms with Gasteiger partial charge in [-0.25, -0.2) is 4.39 Å². The summed E-state index contributed by atoms with van der Waals surface area (Å²) in [5, 5.41) is 0. The molecule has 6 heteroatoms. The highest BCUT2D eigenvalue weighted by molar-refractivity contribution is 9.10. The van der Waals surface area contributed by atoms with E-state index in [1.165, 1.54) is 12.1 Å². The zero-order valence-corrected chi connectivity index (χ0v) is 13.2. The van der Waals surface area contributed by atoms with E-state index in [0.717, 1.165) is 0 Å². The van der Waals surface area contributed by atoms with Gasteiger partial charge in [-0.3, -0.25) is 9.59 Å². The Morgan fingerprint density at radius 2 is 2.29 bits per heavy atom. The Hall–Kier alpha value is -1.27. The van der Waals surface area contributed by atoms with Crippen LogP contribution in [0, 0.1) is 11.2 Å². The number of hydrogen-bond acceptors (Lipinski definition) is 4. The first-order chi connectivity index (χ1) is 9.99. The zero-order valence-electron chi connectivity index (χ0n) is 11.7. The van der Waals surface area contributed by atoms with Crippen molar-refractivity contribution in [1.29, 1.82) is 0 Å². The molecule has 0 radical (unpaired) electrons. The lowest BCUT2D eigenvalue weighted by Crippen LogP contribution is -2.49. The van der Waals surface area contributed by atoms with E-state index in [9.17, 15) is 14.0 Å². The predicted molar refractivity (Wildman–Crippen MR) is 77.3 cm³/mol. The molecule has 1 saturated heterocycles. The minimum Gasteiger partial charge on any atom is -0.465 e. The number of carbonyl (C=O) groups is 2. The molecule has 0 spiro atoms. The van der Waals surface area contributed by atoms with Gasteiger partial charge in [-0.15, -0.1) is 0 Å². The van der Waals surface area contributed by atoms with Crippen molar-refractivity contribution in [2.75, 3.05) is 19.8 Å². The van der Waals surface area contributed by atoms with Crippen LogP contribution >= 0.6 is 15.9 Å². The topological polar surface area (TPSA) is 52.6 Å². The van der Waals surface area contributed by atoms with Gasteiger partial charge in [0.1, 0.15) is 5.82 Å². The number of halogens is 2. The fourth-order valence-electron chi connectivity index (χ4n) is 2.40. The van der Waals surface area contributed by atoms with Gasteiger partial charge in [0.25, 0.3) is 0 Å². The Balaban J connectivity index is 2.38. The minimum atomic E-state index is -1.38. The fourth-order valence-corrected chi connectivity index (χ4v) is 2.79. The highest BCUT2D eigenvalue weighted by Gasteiger charge is 2.49. The number of Topliss-reactive ketones (excluding diaryl/α,β-unsaturated/α-hetero) is 1. The van der Waals surface area contributed by atoms with Crippen LogP contribution in [0.15, 0.2) is 22.7 Å². The van der Waals surface area contributed by atoms with Gasteiger partial charge < -0.3 is 9.47 Å². The lowest BCUT2D eigenvalue weighted by Gasteiger charge is -2.33. The maximum atomic E-state index is 13.4. The second-order valence-corrected chi connectivity index (χ2v) is 5.80. The minimum absolute atomic E-state index is 0.0341. The van der Waals surface area contributed by atoms with Crippen LogP contribution in [-0.2, 0) is 25.5 Å². The Morgan fingerprint density at radius 1 is 1.52 bits per heavy atom. The molecule has 1 aromatic carbocycles. The number of hydrogen-bond donors (Lipinski definition) is 0. The van der Waals surface area contributed by atoms with Crippen LogP contribution in [0.1, 0.15) is 18.9 Å². The second-order valence-electron chi connectivity index (χ2n) is 4.94. The van der Waals surface area contributed by atoms with E-state index >= 15 is 0 Å². The first kappa shape index (κ1) is 16.1. The number of ether oxygens (including phenoxy) is 2. The third-order valence-electron chi connectivity index (χ3n) is 3.52. The maximum absolute atomic E-state index is 13.4. The predicted octanol–water partition coefficient (Wildman–Crippen LogP) is 2.67. The van der Waals surface area contributed by atoms with Crippen LogP contribution in [0.5, 0.6) is 0 Å². The highest BCUT2D eigenvalue weighted by Crippen LogP contribution is 2.34. The molecule has 1 unspecified atom stereocenters. The van der Waals surface area contributed by atoms with E-state index in [-0.39, 0.29) is 31.8 Å². The Kier molecular flexibility index (Phi) is 5.11. The average molecular weight is 359 g/mol. The Labute approximate surface area is 130 Å². The number of rotatable bonds is 4. The molecule has 1 aromatic rings. The monoisotopic (exact) mass is 358 g/mol. The lowest BCUT2D eigenvalue weighted by atomic mass is 9.76. The van der Waals surface area contributed by atoms with E-state index in [4.69, 9.17) is 9.47 Å². The summed E-state index contributed by atoms with van der Waals surface area (Å²) in [5.41, 5.74) is -0.841. The van der Waals surface area contributed by atoms with E-state index in [0.29, 0.717) is 16.6 Å². The van der Waals surface area contributed by atoms with Crippen molar-refractivity contribution in [3.8, 4) is 0 Å². The molecule has 0 bridgehead atoms. The fraction of sp³-hybridized carbons (Fsp3) is 0.467. The van der Waals surface area contributed by atoms with Crippen molar-refractivity contribution < 1.29 is 23.5 Å². The summed E-state index contributed by atoms with van der Waals surface area (Å²) in [6, 6.07) is 4.18. The SMILES string of the molecule is CCOC(=O)C1(Cc2cc(F)ccc2Br)COCCC1=O. The number of benzene rings is 1. The molecular weight excluding hydrogens is 343 g/mol. The molecule has 1 fully saturated rings. The van der Waals surface area contributed by atoms with Gasteiger partial charge in [0.05, 0.1) is 19.8 Å². The standard InChI is InChI=1S/C15H16BrFO4/c1-2-21-14(19)15(9-20-6-5-13(15)18)8-10-7-11(17)3-4-12(10)16/h3-4,7H,2,5-6,8-9H2,1H3. The molecule has 1 aliphatic rings. The Bertz CT molecular complexity index is 561. The van der Waals surface area contributed by atoms with Crippen LogP contribution in [-0.4, -0.2) is 31.6 Å². The average Bonchev–Trinajstić information content (AvgIpc) is 2.45. The van der Waals surface area contributed by atoms with Crippen molar-refractivity contribution in [2.24, 2.45) is 5.41 Å². The van der Waals surface area contributed by atoms with Crippen molar-refractivity contribution in [3.05, 3.63) is 34.1 Å². The molecule has 0 saturated carbocycles. The van der Waals surface area contributed by atoms with Crippen LogP contribution in [0.25, 0.3) is 0 Å². The van der Waals surface area contributed by atoms with E-state index in [2.05, 4.69) is 15.9 Å². The summed E-state index contributed by atoms with van der Waals surface area (Å²) in [5.74, 6) is -1.24. The molecule has 0 aromatic heterocycles. The molecule has 1 heterocycles. The lowest BCUT2D eigenvalue weighted by molar-refractivity contribution is -0.169. The first-order valence-corrected chi connectivity index (χ1v) is 7.51. The van der Waals surface area contributed by atoms with Gasteiger partial charge in [0.2, 0.25) is 0 Å². The summed E-state index contributed by atoms with van der Waals surface area (Å²) in [7, 11) is 0. The first-order valence-electron chi connectivity index (χ1n) is 6.72. The Morgan fingerprint density at radius 3 is 2.95 bits per heavy atom. The number of ketones is 1. The van der Waals surface area contributed by atoms with Gasteiger partial charge >= 0.3 is 5.97 Å². The second kappa shape index (κ2) is 6.66. The zero-order chi connectivity index (χ0) is 15.5. The molecule has 0 amide bonds. The smallest absolute Gasteiger partial charge is 0.322 e. The third kappa shape index (κ3) is 3.32. The van der Waals surface area contributed by atoms with Gasteiger partial charge in [-0.2, -0.15) is 0 Å². The van der Waals surface area contributed by atoms with Crippen molar-refractivity contribution >= 4 is 27.7 Å². The van der Waals surface area contributed by atoms with Crippen molar-refractivity contribution in [1.82, 2.24) is 0 Å². The molecule has 1 atom stereocenters. The summed E-state index contributed by atoms with van der Waals surface area (Å²) in [4.78, 5) is 24.6. The largest absolute Gasteiger partial charge is 0.465 e. The summed E-state index contributed by atoms with van der Waals surface area (Å²) in [6.45, 7) is 2.12. The summed E-state index contributed by atoms with van der Waals surface area (Å²) >= 11 is 3.32. The molecule has 114 valence electrons. The molecule has 4 nitrogen and oxygen atoms in total. The van der Waals surface area contributed by atoms with Gasteiger partial charge in [0, 0.05) is 10.9 Å². The van der Waals surface area contributed by atoms with Gasteiger partial charge in [0.15, 0.2) is 11.2 Å². The van der Waals surface area contributed by atoms with Crippen LogP contribution in [0.4, 0.5) is 4.39 Å². The summed E-state index contributed by atoms with van der Waals surface area (Å²) in [6.07, 6.45) is 0.217. The van der Waals surface area contributed by atoms with Gasteiger partial charge in [-0.05, 0) is 37.1 Å². The van der Waals surface area contributed by atoms with E-state index in [1.807, 2.05) is 0 Å². The van der Waals surface area contributed by atoms with Crippen molar-refractivity contribution in [3.63, 3.8) is 0 Å². The van der Waals surface area contributed by atoms with Crippen LogP contribution < -0.4 is 0 Å². The number of esters is 1. The van der Waals surface area contributed by atoms with E-state index in [1.54, 1.807) is 13.0 Å². The van der Waals surface area contributed by atoms with Crippen molar-refractivity contribution in [2.45, 2.75) is 19.8 Å². The third-order valence-corrected chi connectivity index (χ3v) is 4.30. The summed E-state index contributed by atoms with van der Waals surface area (Å²) < 4.78 is 24.4. The highest BCUT2D eigenvalue weighted by atomic mass is 79.9. The molecule has 2 rings (SSSR count). The molecular formula is C15H16BrFO4. The van der Waals surface area contributed by atoms with Crippen LogP contribution in [0.3, 0.4) is 0 Å². The molecule has 0 N–H and O–H groups in total. The van der Waals surface area contributed by atoms with Gasteiger partial charge in [-0.1, -0.05) is 15.9 Å². The quantitative estimate of drug-likeness (QED) is 0.613.